The van der Waals surface area contributed by atoms with Crippen LogP contribution in [0.25, 0.3) is 0 Å². The molecule has 3 rings (SSSR count). The molecule has 1 N–H and O–H groups in total. The fourth-order valence-corrected chi connectivity index (χ4v) is 4.09. The Morgan fingerprint density at radius 1 is 1.22 bits per heavy atom. The van der Waals surface area contributed by atoms with Gasteiger partial charge in [0.15, 0.2) is 6.10 Å². The standard InChI is InChI=1S/C24H33N3O5/c1-24(18-25,31-17-20-10-6-3-7-11-20)26-22(28)21(16-19-8-4-2-5-9-19)32-23(29)27-12-14-30-15-13-27/h3,6-7,10-11,19,21H,2,4-5,8-9,12-17H2,1H3,(H,26,28). The van der Waals surface area contributed by atoms with Crippen molar-refractivity contribution in [3.8, 4) is 6.07 Å². The number of hydrogen-bond acceptors (Lipinski definition) is 6. The Kier molecular flexibility index (Phi) is 8.89. The maximum atomic E-state index is 13.2. The highest BCUT2D eigenvalue weighted by Crippen LogP contribution is 2.28. The van der Waals surface area contributed by atoms with Crippen molar-refractivity contribution in [3.05, 3.63) is 35.9 Å². The molecule has 1 saturated carbocycles. The van der Waals surface area contributed by atoms with E-state index in [-0.39, 0.29) is 6.61 Å². The minimum Gasteiger partial charge on any atom is -0.436 e. The minimum atomic E-state index is -1.54. The molecule has 32 heavy (non-hydrogen) atoms. The highest BCUT2D eigenvalue weighted by molar-refractivity contribution is 5.84. The quantitative estimate of drug-likeness (QED) is 0.618. The molecule has 1 heterocycles. The van der Waals surface area contributed by atoms with E-state index in [0.29, 0.717) is 38.6 Å². The Hall–Kier alpha value is -2.63. The maximum Gasteiger partial charge on any atom is 0.410 e. The first-order chi connectivity index (χ1) is 15.5. The van der Waals surface area contributed by atoms with Crippen LogP contribution in [0.1, 0.15) is 51.0 Å². The predicted octanol–water partition coefficient (Wildman–Crippen LogP) is 3.37. The zero-order valence-corrected chi connectivity index (χ0v) is 18.8. The fraction of sp³-hybridized carbons (Fsp3) is 0.625. The summed E-state index contributed by atoms with van der Waals surface area (Å²) >= 11 is 0. The van der Waals surface area contributed by atoms with Crippen LogP contribution in [0, 0.1) is 17.2 Å². The van der Waals surface area contributed by atoms with Crippen molar-refractivity contribution in [3.63, 3.8) is 0 Å². The molecular weight excluding hydrogens is 410 g/mol. The molecule has 1 saturated heterocycles. The average Bonchev–Trinajstić information content (AvgIpc) is 2.84. The Morgan fingerprint density at radius 3 is 2.56 bits per heavy atom. The molecule has 2 fully saturated rings. The van der Waals surface area contributed by atoms with Crippen LogP contribution in [0.15, 0.2) is 30.3 Å². The number of carbonyl (C=O) groups is 2. The van der Waals surface area contributed by atoms with Gasteiger partial charge in [-0.3, -0.25) is 4.79 Å². The molecule has 2 amide bonds. The van der Waals surface area contributed by atoms with E-state index < -0.39 is 23.8 Å². The Balaban J connectivity index is 1.64. The van der Waals surface area contributed by atoms with E-state index in [1.807, 2.05) is 36.4 Å². The maximum absolute atomic E-state index is 13.2. The number of nitrogens with zero attached hydrogens (tertiary/aromatic N) is 2. The molecule has 0 bridgehead atoms. The van der Waals surface area contributed by atoms with Gasteiger partial charge in [-0.05, 0) is 24.8 Å². The Bertz CT molecular complexity index is 785. The largest absolute Gasteiger partial charge is 0.436 e. The van der Waals surface area contributed by atoms with Crippen LogP contribution in [-0.2, 0) is 25.6 Å². The third-order valence-corrected chi connectivity index (χ3v) is 6.02. The van der Waals surface area contributed by atoms with Crippen molar-refractivity contribution in [2.75, 3.05) is 26.3 Å². The number of rotatable bonds is 8. The SMILES string of the molecule is CC(C#N)(NC(=O)C(CC1CCCCC1)OC(=O)N1CCOCC1)OCc1ccccc1. The van der Waals surface area contributed by atoms with E-state index in [1.165, 1.54) is 13.3 Å². The van der Waals surface area contributed by atoms with Gasteiger partial charge in [0.25, 0.3) is 5.91 Å². The first kappa shape index (κ1) is 24.0. The molecule has 0 radical (unpaired) electrons. The Labute approximate surface area is 189 Å². The molecule has 1 aliphatic carbocycles. The van der Waals surface area contributed by atoms with Crippen molar-refractivity contribution >= 4 is 12.0 Å². The zero-order valence-electron chi connectivity index (χ0n) is 18.8. The first-order valence-electron chi connectivity index (χ1n) is 11.4. The molecule has 1 aliphatic heterocycles. The molecule has 2 unspecified atom stereocenters. The summed E-state index contributed by atoms with van der Waals surface area (Å²) in [4.78, 5) is 27.4. The van der Waals surface area contributed by atoms with Gasteiger partial charge < -0.3 is 24.4 Å². The highest BCUT2D eigenvalue weighted by atomic mass is 16.6. The number of nitrogens with one attached hydrogen (secondary N) is 1. The summed E-state index contributed by atoms with van der Waals surface area (Å²) in [7, 11) is 0. The number of amides is 2. The zero-order chi connectivity index (χ0) is 22.8. The molecule has 174 valence electrons. The van der Waals surface area contributed by atoms with Gasteiger partial charge in [0, 0.05) is 13.1 Å². The van der Waals surface area contributed by atoms with E-state index in [0.717, 1.165) is 31.2 Å². The molecule has 0 spiro atoms. The smallest absolute Gasteiger partial charge is 0.410 e. The van der Waals surface area contributed by atoms with Gasteiger partial charge >= 0.3 is 6.09 Å². The molecule has 2 atom stereocenters. The third-order valence-electron chi connectivity index (χ3n) is 6.02. The monoisotopic (exact) mass is 443 g/mol. The molecular formula is C24H33N3O5. The van der Waals surface area contributed by atoms with Crippen molar-refractivity contribution in [1.29, 1.82) is 5.26 Å². The summed E-state index contributed by atoms with van der Waals surface area (Å²) in [6, 6.07) is 11.5. The van der Waals surface area contributed by atoms with Gasteiger partial charge in [0.1, 0.15) is 6.07 Å². The van der Waals surface area contributed by atoms with Crippen molar-refractivity contribution < 1.29 is 23.8 Å². The van der Waals surface area contributed by atoms with Gasteiger partial charge in [-0.2, -0.15) is 5.26 Å². The van der Waals surface area contributed by atoms with Gasteiger partial charge in [-0.1, -0.05) is 62.4 Å². The van der Waals surface area contributed by atoms with Crippen LogP contribution in [-0.4, -0.2) is 55.0 Å². The second kappa shape index (κ2) is 11.8. The number of carbonyl (C=O) groups excluding carboxylic acids is 2. The van der Waals surface area contributed by atoms with Crippen molar-refractivity contribution in [2.45, 2.75) is 63.9 Å². The van der Waals surface area contributed by atoms with Crippen LogP contribution in [0.5, 0.6) is 0 Å². The third kappa shape index (κ3) is 7.21. The van der Waals surface area contributed by atoms with E-state index >= 15 is 0 Å². The van der Waals surface area contributed by atoms with Crippen LogP contribution in [0.2, 0.25) is 0 Å². The molecule has 0 aromatic heterocycles. The number of ether oxygens (including phenoxy) is 3. The molecule has 1 aromatic rings. The van der Waals surface area contributed by atoms with Gasteiger partial charge in [-0.25, -0.2) is 4.79 Å². The Morgan fingerprint density at radius 2 is 1.91 bits per heavy atom. The summed E-state index contributed by atoms with van der Waals surface area (Å²) in [5.74, 6) is -0.190. The first-order valence-corrected chi connectivity index (χ1v) is 11.4. The van der Waals surface area contributed by atoms with Crippen LogP contribution in [0.4, 0.5) is 4.79 Å². The number of morpholine rings is 1. The molecule has 1 aromatic carbocycles. The topological polar surface area (TPSA) is 101 Å². The lowest BCUT2D eigenvalue weighted by Crippen LogP contribution is -2.53. The number of benzene rings is 1. The van der Waals surface area contributed by atoms with E-state index in [9.17, 15) is 14.9 Å². The van der Waals surface area contributed by atoms with Crippen molar-refractivity contribution in [1.82, 2.24) is 10.2 Å². The normalized spacial score (nSPS) is 19.9. The highest BCUT2D eigenvalue weighted by Gasteiger charge is 2.35. The van der Waals surface area contributed by atoms with E-state index in [1.54, 1.807) is 4.90 Å². The summed E-state index contributed by atoms with van der Waals surface area (Å²) in [5, 5.41) is 12.4. The number of hydrogen-bond donors (Lipinski definition) is 1. The second-order valence-electron chi connectivity index (χ2n) is 8.62. The van der Waals surface area contributed by atoms with Crippen LogP contribution in [0.3, 0.4) is 0 Å². The van der Waals surface area contributed by atoms with Gasteiger partial charge in [-0.15, -0.1) is 0 Å². The fourth-order valence-electron chi connectivity index (χ4n) is 4.09. The summed E-state index contributed by atoms with van der Waals surface area (Å²) < 4.78 is 16.7. The minimum absolute atomic E-state index is 0.173. The van der Waals surface area contributed by atoms with Gasteiger partial charge in [0.2, 0.25) is 5.72 Å². The van der Waals surface area contributed by atoms with Crippen LogP contribution >= 0.6 is 0 Å². The lowest BCUT2D eigenvalue weighted by atomic mass is 9.85. The number of nitriles is 1. The summed E-state index contributed by atoms with van der Waals surface area (Å²) in [5.41, 5.74) is -0.649. The molecule has 2 aliphatic rings. The van der Waals surface area contributed by atoms with Crippen molar-refractivity contribution in [2.24, 2.45) is 5.92 Å². The predicted molar refractivity (Wildman–Crippen MR) is 117 cm³/mol. The van der Waals surface area contributed by atoms with E-state index in [4.69, 9.17) is 14.2 Å². The van der Waals surface area contributed by atoms with Crippen LogP contribution < -0.4 is 5.32 Å². The lowest BCUT2D eigenvalue weighted by molar-refractivity contribution is -0.139. The molecule has 8 heteroatoms. The molecule has 8 nitrogen and oxygen atoms in total. The summed E-state index contributed by atoms with van der Waals surface area (Å²) in [6.45, 7) is 3.46. The lowest BCUT2D eigenvalue weighted by Gasteiger charge is -2.31. The average molecular weight is 444 g/mol. The summed E-state index contributed by atoms with van der Waals surface area (Å²) in [6.07, 6.45) is 4.41. The van der Waals surface area contributed by atoms with Gasteiger partial charge in [0.05, 0.1) is 19.8 Å². The van der Waals surface area contributed by atoms with E-state index in [2.05, 4.69) is 5.32 Å². The second-order valence-corrected chi connectivity index (χ2v) is 8.62.